The maximum Gasteiger partial charge on any atom is 0.290 e. The monoisotopic (exact) mass is 177 g/mol. The topological polar surface area (TPSA) is 73.3 Å². The Kier molecular flexibility index (Phi) is 1.48. The number of phenolic OH excluding ortho intramolecular Hbond substituents is 1. The largest absolute Gasteiger partial charge is 0.508 e. The molecular weight excluding hydrogens is 170 g/mol. The normalized spacial score (nSPS) is 10.5. The highest BCUT2D eigenvalue weighted by Crippen LogP contribution is 2.18. The Labute approximate surface area is 73.1 Å². The second-order valence-electron chi connectivity index (χ2n) is 2.76. The SMILES string of the molecule is O=c1[nH]c2cc(O)ccc2cc1O. The Hall–Kier alpha value is -1.97. The summed E-state index contributed by atoms with van der Waals surface area (Å²) in [6, 6.07) is 5.88. The number of pyridine rings is 1. The fourth-order valence-electron chi connectivity index (χ4n) is 1.18. The molecular formula is C9H7NO3. The molecule has 0 bridgehead atoms. The minimum atomic E-state index is -0.557. The van der Waals surface area contributed by atoms with Crippen molar-refractivity contribution < 1.29 is 10.2 Å². The van der Waals surface area contributed by atoms with Crippen LogP contribution in [0.4, 0.5) is 0 Å². The van der Waals surface area contributed by atoms with Crippen molar-refractivity contribution in [1.29, 1.82) is 0 Å². The zero-order valence-corrected chi connectivity index (χ0v) is 6.61. The maximum absolute atomic E-state index is 11.0. The van der Waals surface area contributed by atoms with Gasteiger partial charge in [-0.1, -0.05) is 0 Å². The number of nitrogens with one attached hydrogen (secondary N) is 1. The lowest BCUT2D eigenvalue weighted by atomic mass is 10.2. The Balaban J connectivity index is 2.89. The fourth-order valence-corrected chi connectivity index (χ4v) is 1.18. The molecule has 0 spiro atoms. The van der Waals surface area contributed by atoms with Crippen LogP contribution in [0, 0.1) is 0 Å². The van der Waals surface area contributed by atoms with Gasteiger partial charge < -0.3 is 15.2 Å². The number of rotatable bonds is 0. The lowest BCUT2D eigenvalue weighted by Gasteiger charge is -1.98. The van der Waals surface area contributed by atoms with Crippen LogP contribution in [0.3, 0.4) is 0 Å². The lowest BCUT2D eigenvalue weighted by molar-refractivity contribution is 0.467. The minimum absolute atomic E-state index is 0.0776. The van der Waals surface area contributed by atoms with E-state index in [0.717, 1.165) is 0 Å². The quantitative estimate of drug-likeness (QED) is 0.560. The minimum Gasteiger partial charge on any atom is -0.508 e. The van der Waals surface area contributed by atoms with Crippen LogP contribution in [0.15, 0.2) is 29.1 Å². The molecule has 4 heteroatoms. The zero-order chi connectivity index (χ0) is 9.42. The molecule has 3 N–H and O–H groups in total. The maximum atomic E-state index is 11.0. The third-order valence-electron chi connectivity index (χ3n) is 1.81. The molecule has 2 rings (SSSR count). The van der Waals surface area contributed by atoms with Gasteiger partial charge in [0.05, 0.1) is 5.52 Å². The van der Waals surface area contributed by atoms with Crippen molar-refractivity contribution in [1.82, 2.24) is 4.98 Å². The molecule has 13 heavy (non-hydrogen) atoms. The van der Waals surface area contributed by atoms with E-state index in [-0.39, 0.29) is 11.5 Å². The van der Waals surface area contributed by atoms with E-state index < -0.39 is 5.56 Å². The van der Waals surface area contributed by atoms with Gasteiger partial charge in [0.1, 0.15) is 5.75 Å². The van der Waals surface area contributed by atoms with Crippen molar-refractivity contribution in [2.45, 2.75) is 0 Å². The molecule has 0 aliphatic heterocycles. The van der Waals surface area contributed by atoms with Gasteiger partial charge in [-0.3, -0.25) is 4.79 Å². The summed E-state index contributed by atoms with van der Waals surface area (Å²) >= 11 is 0. The number of benzene rings is 1. The van der Waals surface area contributed by atoms with Gasteiger partial charge >= 0.3 is 0 Å². The smallest absolute Gasteiger partial charge is 0.290 e. The molecule has 0 unspecified atom stereocenters. The summed E-state index contributed by atoms with van der Waals surface area (Å²) in [6.07, 6.45) is 0. The fraction of sp³-hybridized carbons (Fsp3) is 0. The molecule has 1 aromatic carbocycles. The first-order chi connectivity index (χ1) is 6.16. The highest BCUT2D eigenvalue weighted by Gasteiger charge is 2.00. The van der Waals surface area contributed by atoms with Crippen LogP contribution < -0.4 is 5.56 Å². The standard InChI is InChI=1S/C9H7NO3/c11-6-2-1-5-3-8(12)9(13)10-7(5)4-6/h1-4,11-12H,(H,10,13). The van der Waals surface area contributed by atoms with Crippen LogP contribution in [-0.4, -0.2) is 15.2 Å². The summed E-state index contributed by atoms with van der Waals surface area (Å²) in [5.41, 5.74) is -0.0547. The molecule has 0 saturated heterocycles. The summed E-state index contributed by atoms with van der Waals surface area (Å²) in [5, 5.41) is 18.9. The van der Waals surface area contributed by atoms with Crippen LogP contribution >= 0.6 is 0 Å². The van der Waals surface area contributed by atoms with Crippen molar-refractivity contribution >= 4 is 10.9 Å². The van der Waals surface area contributed by atoms with Crippen LogP contribution in [0.1, 0.15) is 0 Å². The van der Waals surface area contributed by atoms with Gasteiger partial charge in [-0.2, -0.15) is 0 Å². The number of aromatic hydroxyl groups is 2. The van der Waals surface area contributed by atoms with Gasteiger partial charge in [-0.15, -0.1) is 0 Å². The van der Waals surface area contributed by atoms with E-state index >= 15 is 0 Å². The molecule has 0 atom stereocenters. The molecule has 0 radical (unpaired) electrons. The van der Waals surface area contributed by atoms with E-state index in [4.69, 9.17) is 10.2 Å². The van der Waals surface area contributed by atoms with Crippen molar-refractivity contribution in [3.05, 3.63) is 34.6 Å². The Bertz CT molecular complexity index is 516. The molecule has 1 aromatic heterocycles. The van der Waals surface area contributed by atoms with E-state index in [1.165, 1.54) is 18.2 Å². The number of H-pyrrole nitrogens is 1. The Morgan fingerprint density at radius 3 is 2.69 bits per heavy atom. The van der Waals surface area contributed by atoms with E-state index in [0.29, 0.717) is 10.9 Å². The number of hydrogen-bond donors (Lipinski definition) is 3. The van der Waals surface area contributed by atoms with Crippen LogP contribution in [0.2, 0.25) is 0 Å². The van der Waals surface area contributed by atoms with Gasteiger partial charge in [0.25, 0.3) is 5.56 Å². The zero-order valence-electron chi connectivity index (χ0n) is 6.61. The number of fused-ring (bicyclic) bond motifs is 1. The first-order valence-electron chi connectivity index (χ1n) is 3.72. The third-order valence-corrected chi connectivity index (χ3v) is 1.81. The summed E-state index contributed by atoms with van der Waals surface area (Å²) < 4.78 is 0. The van der Waals surface area contributed by atoms with Gasteiger partial charge in [0, 0.05) is 11.5 Å². The molecule has 0 fully saturated rings. The predicted octanol–water partition coefficient (Wildman–Crippen LogP) is 0.939. The van der Waals surface area contributed by atoms with E-state index in [1.807, 2.05) is 0 Å². The lowest BCUT2D eigenvalue weighted by Crippen LogP contribution is -2.03. The Morgan fingerprint density at radius 1 is 1.15 bits per heavy atom. The summed E-state index contributed by atoms with van der Waals surface area (Å²) in [7, 11) is 0. The van der Waals surface area contributed by atoms with E-state index in [9.17, 15) is 4.79 Å². The van der Waals surface area contributed by atoms with Crippen LogP contribution in [0.25, 0.3) is 10.9 Å². The van der Waals surface area contributed by atoms with Crippen LogP contribution in [-0.2, 0) is 0 Å². The average molecular weight is 177 g/mol. The average Bonchev–Trinajstić information content (AvgIpc) is 2.08. The molecule has 4 nitrogen and oxygen atoms in total. The van der Waals surface area contributed by atoms with Gasteiger partial charge in [0.2, 0.25) is 0 Å². The molecule has 0 aliphatic rings. The number of phenols is 1. The summed E-state index contributed by atoms with van der Waals surface area (Å²) in [6.45, 7) is 0. The molecule has 1 heterocycles. The highest BCUT2D eigenvalue weighted by molar-refractivity contribution is 5.80. The number of hydrogen-bond acceptors (Lipinski definition) is 3. The molecule has 0 saturated carbocycles. The summed E-state index contributed by atoms with van der Waals surface area (Å²) in [5.74, 6) is -0.243. The van der Waals surface area contributed by atoms with Gasteiger partial charge in [-0.05, 0) is 18.2 Å². The van der Waals surface area contributed by atoms with Crippen molar-refractivity contribution in [3.63, 3.8) is 0 Å². The van der Waals surface area contributed by atoms with Crippen LogP contribution in [0.5, 0.6) is 11.5 Å². The van der Waals surface area contributed by atoms with Crippen molar-refractivity contribution in [2.75, 3.05) is 0 Å². The highest BCUT2D eigenvalue weighted by atomic mass is 16.3. The first kappa shape index (κ1) is 7.67. The first-order valence-corrected chi connectivity index (χ1v) is 3.72. The second kappa shape index (κ2) is 2.52. The second-order valence-corrected chi connectivity index (χ2v) is 2.76. The molecule has 66 valence electrons. The summed E-state index contributed by atoms with van der Waals surface area (Å²) in [4.78, 5) is 13.4. The third kappa shape index (κ3) is 1.22. The van der Waals surface area contributed by atoms with Crippen molar-refractivity contribution in [2.24, 2.45) is 0 Å². The number of aromatic nitrogens is 1. The predicted molar refractivity (Wildman–Crippen MR) is 47.9 cm³/mol. The number of aromatic amines is 1. The van der Waals surface area contributed by atoms with Gasteiger partial charge in [-0.25, -0.2) is 0 Å². The molecule has 2 aromatic rings. The van der Waals surface area contributed by atoms with E-state index in [1.54, 1.807) is 6.07 Å². The molecule has 0 amide bonds. The Morgan fingerprint density at radius 2 is 1.92 bits per heavy atom. The van der Waals surface area contributed by atoms with E-state index in [2.05, 4.69) is 4.98 Å². The molecule has 0 aliphatic carbocycles. The van der Waals surface area contributed by atoms with Gasteiger partial charge in [0.15, 0.2) is 5.75 Å². The van der Waals surface area contributed by atoms with Crippen molar-refractivity contribution in [3.8, 4) is 11.5 Å².